The van der Waals surface area contributed by atoms with Crippen molar-refractivity contribution < 1.29 is 14.6 Å². The van der Waals surface area contributed by atoms with Crippen LogP contribution in [0.15, 0.2) is 24.5 Å². The maximum atomic E-state index is 12.5. The van der Waals surface area contributed by atoms with Crippen LogP contribution in [0, 0.1) is 0 Å². The highest BCUT2D eigenvalue weighted by atomic mass is 16.5. The smallest absolute Gasteiger partial charge is 0.274 e. The van der Waals surface area contributed by atoms with Crippen LogP contribution in [0.25, 0.3) is 5.65 Å². The summed E-state index contributed by atoms with van der Waals surface area (Å²) in [4.78, 5) is 18.5. The molecule has 2 unspecified atom stereocenters. The topological polar surface area (TPSA) is 67.1 Å². The monoisotopic (exact) mass is 275 g/mol. The van der Waals surface area contributed by atoms with Gasteiger partial charge in [0.25, 0.3) is 5.91 Å². The number of amides is 1. The van der Waals surface area contributed by atoms with Crippen LogP contribution in [0.5, 0.6) is 5.75 Å². The van der Waals surface area contributed by atoms with E-state index in [1.807, 2.05) is 13.8 Å². The van der Waals surface area contributed by atoms with E-state index in [0.29, 0.717) is 24.4 Å². The Kier molecular flexibility index (Phi) is 3.10. The maximum Gasteiger partial charge on any atom is 0.274 e. The van der Waals surface area contributed by atoms with Crippen LogP contribution < -0.4 is 0 Å². The molecule has 1 amide bonds. The van der Waals surface area contributed by atoms with Gasteiger partial charge in [-0.2, -0.15) is 0 Å². The third kappa shape index (κ3) is 2.22. The van der Waals surface area contributed by atoms with Crippen molar-refractivity contribution in [3.63, 3.8) is 0 Å². The lowest BCUT2D eigenvalue weighted by Crippen LogP contribution is -2.48. The zero-order valence-electron chi connectivity index (χ0n) is 11.5. The Morgan fingerprint density at radius 1 is 1.40 bits per heavy atom. The van der Waals surface area contributed by atoms with Gasteiger partial charge in [-0.25, -0.2) is 4.98 Å². The number of ether oxygens (including phenoxy) is 1. The lowest BCUT2D eigenvalue weighted by atomic mass is 10.2. The molecular weight excluding hydrogens is 258 g/mol. The minimum Gasteiger partial charge on any atom is -0.504 e. The average Bonchev–Trinajstić information content (AvgIpc) is 2.82. The molecule has 0 spiro atoms. The fourth-order valence-corrected chi connectivity index (χ4v) is 2.61. The van der Waals surface area contributed by atoms with Crippen molar-refractivity contribution in [1.29, 1.82) is 0 Å². The Morgan fingerprint density at radius 2 is 2.10 bits per heavy atom. The molecule has 1 N–H and O–H groups in total. The number of rotatable bonds is 1. The summed E-state index contributed by atoms with van der Waals surface area (Å²) in [6.07, 6.45) is 3.44. The van der Waals surface area contributed by atoms with Crippen molar-refractivity contribution in [2.24, 2.45) is 0 Å². The van der Waals surface area contributed by atoms with Gasteiger partial charge in [-0.3, -0.25) is 4.79 Å². The van der Waals surface area contributed by atoms with E-state index in [1.54, 1.807) is 33.8 Å². The lowest BCUT2D eigenvalue weighted by Gasteiger charge is -2.34. The molecule has 20 heavy (non-hydrogen) atoms. The molecule has 3 heterocycles. The molecule has 1 aliphatic rings. The van der Waals surface area contributed by atoms with Gasteiger partial charge in [0.05, 0.1) is 12.2 Å². The number of carbonyl (C=O) groups excluding carboxylic acids is 1. The maximum absolute atomic E-state index is 12.5. The molecule has 2 atom stereocenters. The zero-order valence-corrected chi connectivity index (χ0v) is 11.5. The molecule has 0 saturated carbocycles. The number of hydrogen-bond acceptors (Lipinski definition) is 4. The molecule has 0 aromatic carbocycles. The van der Waals surface area contributed by atoms with E-state index in [9.17, 15) is 9.90 Å². The summed E-state index contributed by atoms with van der Waals surface area (Å²) in [5, 5.41) is 9.73. The second-order valence-electron chi connectivity index (χ2n) is 5.22. The lowest BCUT2D eigenvalue weighted by molar-refractivity contribution is -0.0587. The van der Waals surface area contributed by atoms with Gasteiger partial charge in [0.2, 0.25) is 0 Å². The molecular formula is C14H17N3O3. The van der Waals surface area contributed by atoms with Crippen LogP contribution in [-0.2, 0) is 4.74 Å². The Balaban J connectivity index is 1.90. The third-order valence-corrected chi connectivity index (χ3v) is 3.39. The number of pyridine rings is 1. The third-order valence-electron chi connectivity index (χ3n) is 3.39. The van der Waals surface area contributed by atoms with Gasteiger partial charge >= 0.3 is 0 Å². The quantitative estimate of drug-likeness (QED) is 0.851. The average molecular weight is 275 g/mol. The molecule has 0 radical (unpaired) electrons. The summed E-state index contributed by atoms with van der Waals surface area (Å²) in [5.41, 5.74) is 0.734. The van der Waals surface area contributed by atoms with Crippen molar-refractivity contribution in [3.05, 3.63) is 30.2 Å². The van der Waals surface area contributed by atoms with Gasteiger partial charge in [-0.1, -0.05) is 0 Å². The predicted molar refractivity (Wildman–Crippen MR) is 72.8 cm³/mol. The van der Waals surface area contributed by atoms with E-state index < -0.39 is 0 Å². The molecule has 6 nitrogen and oxygen atoms in total. The highest BCUT2D eigenvalue weighted by molar-refractivity contribution is 5.93. The highest BCUT2D eigenvalue weighted by Crippen LogP contribution is 2.19. The van der Waals surface area contributed by atoms with E-state index >= 15 is 0 Å². The molecule has 3 rings (SSSR count). The van der Waals surface area contributed by atoms with Crippen LogP contribution in [0.3, 0.4) is 0 Å². The summed E-state index contributed by atoms with van der Waals surface area (Å²) < 4.78 is 7.27. The largest absolute Gasteiger partial charge is 0.504 e. The summed E-state index contributed by atoms with van der Waals surface area (Å²) in [6.45, 7) is 5.02. The van der Waals surface area contributed by atoms with E-state index in [4.69, 9.17) is 4.74 Å². The first kappa shape index (κ1) is 12.9. The molecule has 1 fully saturated rings. The van der Waals surface area contributed by atoms with Crippen molar-refractivity contribution in [2.45, 2.75) is 26.1 Å². The van der Waals surface area contributed by atoms with Crippen LogP contribution in [0.4, 0.5) is 0 Å². The van der Waals surface area contributed by atoms with Gasteiger partial charge in [-0.15, -0.1) is 0 Å². The zero-order chi connectivity index (χ0) is 14.3. The van der Waals surface area contributed by atoms with Gasteiger partial charge in [0.1, 0.15) is 5.69 Å². The van der Waals surface area contributed by atoms with E-state index in [-0.39, 0.29) is 23.9 Å². The van der Waals surface area contributed by atoms with Gasteiger partial charge in [0.15, 0.2) is 11.4 Å². The van der Waals surface area contributed by atoms with Crippen LogP contribution in [0.1, 0.15) is 24.3 Å². The van der Waals surface area contributed by atoms with Gasteiger partial charge < -0.3 is 19.1 Å². The van der Waals surface area contributed by atoms with Crippen LogP contribution >= 0.6 is 0 Å². The van der Waals surface area contributed by atoms with E-state index in [1.165, 1.54) is 0 Å². The van der Waals surface area contributed by atoms with Crippen molar-refractivity contribution in [1.82, 2.24) is 14.3 Å². The normalized spacial score (nSPS) is 23.2. The van der Waals surface area contributed by atoms with Gasteiger partial charge in [0, 0.05) is 25.5 Å². The first-order valence-electron chi connectivity index (χ1n) is 6.66. The fraction of sp³-hybridized carbons (Fsp3) is 0.429. The Morgan fingerprint density at radius 3 is 2.75 bits per heavy atom. The second kappa shape index (κ2) is 4.79. The molecule has 106 valence electrons. The molecule has 1 aliphatic heterocycles. The van der Waals surface area contributed by atoms with E-state index in [0.717, 1.165) is 0 Å². The molecule has 6 heteroatoms. The Bertz CT molecular complexity index is 642. The molecule has 2 aromatic rings. The molecule has 1 saturated heterocycles. The van der Waals surface area contributed by atoms with Crippen LogP contribution in [-0.4, -0.2) is 50.6 Å². The second-order valence-corrected chi connectivity index (χ2v) is 5.22. The SMILES string of the molecule is CC1CN(C(=O)c2cn3cccc(O)c3n2)CC(C)O1. The number of hydrogen-bond donors (Lipinski definition) is 1. The summed E-state index contributed by atoms with van der Waals surface area (Å²) >= 11 is 0. The standard InChI is InChI=1S/C14H17N3O3/c1-9-6-17(7-10(2)20-9)14(19)11-8-16-5-3-4-12(18)13(16)15-11/h3-5,8-10,18H,6-7H2,1-2H3. The first-order valence-corrected chi connectivity index (χ1v) is 6.66. The number of nitrogens with zero attached hydrogens (tertiary/aromatic N) is 3. The summed E-state index contributed by atoms with van der Waals surface area (Å²) in [5.74, 6) is -0.0645. The summed E-state index contributed by atoms with van der Waals surface area (Å²) in [6, 6.07) is 3.26. The number of aromatic hydroxyl groups is 1. The number of imidazole rings is 1. The minimum absolute atomic E-state index is 0.0214. The Labute approximate surface area is 116 Å². The summed E-state index contributed by atoms with van der Waals surface area (Å²) in [7, 11) is 0. The van der Waals surface area contributed by atoms with Crippen LogP contribution in [0.2, 0.25) is 0 Å². The number of carbonyl (C=O) groups is 1. The number of morpholine rings is 1. The van der Waals surface area contributed by atoms with Crippen molar-refractivity contribution in [2.75, 3.05) is 13.1 Å². The van der Waals surface area contributed by atoms with Gasteiger partial charge in [-0.05, 0) is 26.0 Å². The van der Waals surface area contributed by atoms with Crippen molar-refractivity contribution >= 4 is 11.6 Å². The fourth-order valence-electron chi connectivity index (χ4n) is 2.61. The first-order chi connectivity index (χ1) is 9.54. The van der Waals surface area contributed by atoms with E-state index in [2.05, 4.69) is 4.98 Å². The highest BCUT2D eigenvalue weighted by Gasteiger charge is 2.28. The Hall–Kier alpha value is -2.08. The molecule has 0 bridgehead atoms. The minimum atomic E-state index is -0.130. The van der Waals surface area contributed by atoms with Crippen molar-refractivity contribution in [3.8, 4) is 5.75 Å². The molecule has 0 aliphatic carbocycles. The number of aromatic nitrogens is 2. The predicted octanol–water partition coefficient (Wildman–Crippen LogP) is 1.29. The molecule has 2 aromatic heterocycles. The number of fused-ring (bicyclic) bond motifs is 1.